The fourth-order valence-corrected chi connectivity index (χ4v) is 4.72. The van der Waals surface area contributed by atoms with E-state index in [2.05, 4.69) is 0 Å². The number of likely N-dealkylation sites (tertiary alicyclic amines) is 2. The molecule has 1 aromatic carbocycles. The van der Waals surface area contributed by atoms with Gasteiger partial charge in [-0.25, -0.2) is 0 Å². The van der Waals surface area contributed by atoms with Crippen LogP contribution in [-0.2, 0) is 4.79 Å². The Bertz CT molecular complexity index is 651. The highest BCUT2D eigenvalue weighted by atomic mass is 32.2. The second kappa shape index (κ2) is 7.79. The lowest BCUT2D eigenvalue weighted by Crippen LogP contribution is -2.55. The minimum Gasteiger partial charge on any atom is -0.395 e. The third-order valence-electron chi connectivity index (χ3n) is 5.40. The van der Waals surface area contributed by atoms with Crippen molar-refractivity contribution in [2.75, 3.05) is 39.0 Å². The van der Waals surface area contributed by atoms with E-state index < -0.39 is 0 Å². The first-order valence-corrected chi connectivity index (χ1v) is 10.1. The van der Waals surface area contributed by atoms with Gasteiger partial charge >= 0.3 is 0 Å². The van der Waals surface area contributed by atoms with Crippen molar-refractivity contribution in [2.45, 2.75) is 30.6 Å². The minimum atomic E-state index is -0.0225. The fraction of sp³-hybridized carbons (Fsp3) is 0.579. The molecule has 1 N–H and O–H groups in total. The molecule has 136 valence electrons. The van der Waals surface area contributed by atoms with Gasteiger partial charge < -0.3 is 14.9 Å². The van der Waals surface area contributed by atoms with Gasteiger partial charge in [0, 0.05) is 42.9 Å². The van der Waals surface area contributed by atoms with Gasteiger partial charge in [0.05, 0.1) is 12.2 Å². The lowest BCUT2D eigenvalue weighted by atomic mass is 9.73. The Kier molecular flexibility index (Phi) is 5.69. The van der Waals surface area contributed by atoms with E-state index >= 15 is 0 Å². The minimum absolute atomic E-state index is 0.00837. The largest absolute Gasteiger partial charge is 0.395 e. The highest BCUT2D eigenvalue weighted by molar-refractivity contribution is 7.98. The number of rotatable bonds is 4. The molecule has 25 heavy (non-hydrogen) atoms. The van der Waals surface area contributed by atoms with Crippen LogP contribution in [0.1, 0.15) is 36.0 Å². The van der Waals surface area contributed by atoms with Crippen molar-refractivity contribution in [2.24, 2.45) is 5.41 Å². The van der Waals surface area contributed by atoms with Crippen molar-refractivity contribution >= 4 is 23.6 Å². The summed E-state index contributed by atoms with van der Waals surface area (Å²) in [6, 6.07) is 7.76. The first-order chi connectivity index (χ1) is 12.1. The van der Waals surface area contributed by atoms with Gasteiger partial charge in [0.25, 0.3) is 5.91 Å². The summed E-state index contributed by atoms with van der Waals surface area (Å²) in [5.74, 6) is 0.213. The molecule has 2 saturated heterocycles. The molecule has 1 atom stereocenters. The van der Waals surface area contributed by atoms with Crippen molar-refractivity contribution < 1.29 is 14.7 Å². The topological polar surface area (TPSA) is 60.9 Å². The zero-order chi connectivity index (χ0) is 17.9. The molecule has 0 aromatic heterocycles. The molecule has 2 aliphatic rings. The monoisotopic (exact) mass is 362 g/mol. The first-order valence-electron chi connectivity index (χ1n) is 8.89. The molecule has 0 bridgehead atoms. The molecule has 2 fully saturated rings. The van der Waals surface area contributed by atoms with Crippen molar-refractivity contribution in [1.29, 1.82) is 0 Å². The number of aliphatic hydroxyl groups is 1. The van der Waals surface area contributed by atoms with Crippen LogP contribution in [0.3, 0.4) is 0 Å². The molecule has 2 amide bonds. The average Bonchev–Trinajstić information content (AvgIpc) is 2.64. The summed E-state index contributed by atoms with van der Waals surface area (Å²) in [5, 5.41) is 9.21. The van der Waals surface area contributed by atoms with Gasteiger partial charge in [-0.1, -0.05) is 12.1 Å². The predicted octanol–water partition coefficient (Wildman–Crippen LogP) is 2.25. The summed E-state index contributed by atoms with van der Waals surface area (Å²) in [5.41, 5.74) is 0.747. The third kappa shape index (κ3) is 3.85. The summed E-state index contributed by atoms with van der Waals surface area (Å²) >= 11 is 1.59. The van der Waals surface area contributed by atoms with Crippen molar-refractivity contribution in [3.05, 3.63) is 29.8 Å². The zero-order valence-electron chi connectivity index (χ0n) is 14.7. The maximum absolute atomic E-state index is 13.1. The number of aliphatic hydroxyl groups excluding tert-OH is 1. The average molecular weight is 362 g/mol. The summed E-state index contributed by atoms with van der Waals surface area (Å²) < 4.78 is 0. The highest BCUT2D eigenvalue weighted by Gasteiger charge is 2.42. The van der Waals surface area contributed by atoms with Crippen LogP contribution in [0.5, 0.6) is 0 Å². The van der Waals surface area contributed by atoms with Crippen LogP contribution < -0.4 is 0 Å². The van der Waals surface area contributed by atoms with E-state index in [4.69, 9.17) is 0 Å². The maximum Gasteiger partial charge on any atom is 0.255 e. The molecule has 1 spiro atoms. The molecule has 6 heteroatoms. The van der Waals surface area contributed by atoms with E-state index in [9.17, 15) is 14.7 Å². The van der Waals surface area contributed by atoms with Gasteiger partial charge in [-0.2, -0.15) is 0 Å². The molecular weight excluding hydrogens is 336 g/mol. The van der Waals surface area contributed by atoms with E-state index in [0.717, 1.165) is 36.3 Å². The van der Waals surface area contributed by atoms with E-state index in [1.54, 1.807) is 16.7 Å². The van der Waals surface area contributed by atoms with E-state index in [0.29, 0.717) is 26.1 Å². The number of carbonyl (C=O) groups is 2. The van der Waals surface area contributed by atoms with E-state index in [1.165, 1.54) is 0 Å². The number of thioether (sulfide) groups is 1. The molecule has 2 heterocycles. The third-order valence-corrected chi connectivity index (χ3v) is 6.20. The van der Waals surface area contributed by atoms with Crippen LogP contribution in [0.15, 0.2) is 29.2 Å². The summed E-state index contributed by atoms with van der Waals surface area (Å²) in [6.45, 7) is 2.51. The number of amides is 2. The lowest BCUT2D eigenvalue weighted by Gasteiger charge is -2.48. The van der Waals surface area contributed by atoms with E-state index in [1.807, 2.05) is 35.4 Å². The van der Waals surface area contributed by atoms with Crippen molar-refractivity contribution in [3.8, 4) is 0 Å². The highest BCUT2D eigenvalue weighted by Crippen LogP contribution is 2.39. The van der Waals surface area contributed by atoms with E-state index in [-0.39, 0.29) is 23.8 Å². The van der Waals surface area contributed by atoms with Gasteiger partial charge in [-0.05, 0) is 37.7 Å². The summed E-state index contributed by atoms with van der Waals surface area (Å²) in [4.78, 5) is 29.9. The molecule has 1 unspecified atom stereocenters. The maximum atomic E-state index is 13.1. The lowest BCUT2D eigenvalue weighted by molar-refractivity contribution is -0.139. The van der Waals surface area contributed by atoms with Crippen LogP contribution in [0.2, 0.25) is 0 Å². The Morgan fingerprint density at radius 3 is 2.84 bits per heavy atom. The number of benzene rings is 1. The van der Waals surface area contributed by atoms with Crippen LogP contribution in [0.25, 0.3) is 0 Å². The summed E-state index contributed by atoms with van der Waals surface area (Å²) in [7, 11) is 0. The van der Waals surface area contributed by atoms with Crippen LogP contribution >= 0.6 is 11.8 Å². The van der Waals surface area contributed by atoms with Gasteiger partial charge in [-0.15, -0.1) is 11.8 Å². The standard InChI is InChI=1S/C19H26N2O3S/c1-25-16-6-3-2-5-15(16)18(24)21-10-4-8-19(14-21)9-7-17(23)20(13-19)11-12-22/h2-3,5-6,22H,4,7-14H2,1H3. The quantitative estimate of drug-likeness (QED) is 0.835. The SMILES string of the molecule is CSc1ccccc1C(=O)N1CCCC2(CCC(=O)N(CCO)C2)C1. The fourth-order valence-electron chi connectivity index (χ4n) is 4.13. The van der Waals surface area contributed by atoms with Gasteiger partial charge in [0.2, 0.25) is 5.91 Å². The Hall–Kier alpha value is -1.53. The van der Waals surface area contributed by atoms with Crippen LogP contribution in [0.4, 0.5) is 0 Å². The molecule has 2 aliphatic heterocycles. The normalized spacial score (nSPS) is 24.0. The Labute approximate surface area is 153 Å². The Morgan fingerprint density at radius 1 is 1.28 bits per heavy atom. The van der Waals surface area contributed by atoms with Gasteiger partial charge in [0.15, 0.2) is 0 Å². The predicted molar refractivity (Wildman–Crippen MR) is 98.7 cm³/mol. The first kappa shape index (κ1) is 18.3. The Morgan fingerprint density at radius 2 is 2.08 bits per heavy atom. The number of piperidine rings is 2. The second-order valence-corrected chi connectivity index (χ2v) is 7.92. The Balaban J connectivity index is 1.76. The van der Waals surface area contributed by atoms with Gasteiger partial charge in [0.1, 0.15) is 0 Å². The smallest absolute Gasteiger partial charge is 0.255 e. The zero-order valence-corrected chi connectivity index (χ0v) is 15.6. The number of nitrogens with zero attached hydrogens (tertiary/aromatic N) is 2. The molecule has 3 rings (SSSR count). The van der Waals surface area contributed by atoms with Crippen molar-refractivity contribution in [1.82, 2.24) is 9.80 Å². The molecule has 0 aliphatic carbocycles. The molecular formula is C19H26N2O3S. The number of carbonyl (C=O) groups excluding carboxylic acids is 2. The summed E-state index contributed by atoms with van der Waals surface area (Å²) in [6.07, 6.45) is 5.35. The second-order valence-electron chi connectivity index (χ2n) is 7.07. The molecule has 1 aromatic rings. The van der Waals surface area contributed by atoms with Crippen LogP contribution in [0, 0.1) is 5.41 Å². The van der Waals surface area contributed by atoms with Crippen molar-refractivity contribution in [3.63, 3.8) is 0 Å². The molecule has 0 radical (unpaired) electrons. The van der Waals surface area contributed by atoms with Gasteiger partial charge in [-0.3, -0.25) is 9.59 Å². The molecule has 5 nitrogen and oxygen atoms in total. The van der Waals surface area contributed by atoms with Crippen LogP contribution in [-0.4, -0.2) is 65.8 Å². The molecule has 0 saturated carbocycles. The number of hydrogen-bond donors (Lipinski definition) is 1. The number of β-amino-alcohol motifs (C(OH)–C–C–N with tert-alkyl or cyclic N) is 1. The number of hydrogen-bond acceptors (Lipinski definition) is 4.